The van der Waals surface area contributed by atoms with Crippen LogP contribution in [0.4, 0.5) is 5.82 Å². The Bertz CT molecular complexity index is 487. The van der Waals surface area contributed by atoms with Crippen LogP contribution in [0.5, 0.6) is 0 Å². The average molecular weight is 263 g/mol. The summed E-state index contributed by atoms with van der Waals surface area (Å²) in [6.07, 6.45) is 7.33. The van der Waals surface area contributed by atoms with Crippen LogP contribution in [0.15, 0.2) is 17.2 Å². The molecule has 4 nitrogen and oxygen atoms in total. The fourth-order valence-corrected chi connectivity index (χ4v) is 2.81. The Morgan fingerprint density at radius 2 is 2.16 bits per heavy atom. The molecule has 1 aromatic rings. The summed E-state index contributed by atoms with van der Waals surface area (Å²) in [7, 11) is 0. The van der Waals surface area contributed by atoms with E-state index in [-0.39, 0.29) is 11.1 Å². The van der Waals surface area contributed by atoms with Crippen molar-refractivity contribution >= 4 is 5.82 Å². The van der Waals surface area contributed by atoms with Crippen LogP contribution < -0.4 is 10.9 Å². The van der Waals surface area contributed by atoms with Crippen LogP contribution in [-0.2, 0) is 5.54 Å². The Kier molecular flexibility index (Phi) is 3.97. The average Bonchev–Trinajstić information content (AvgIpc) is 2.72. The molecule has 0 saturated heterocycles. The highest BCUT2D eigenvalue weighted by Gasteiger charge is 2.23. The maximum Gasteiger partial charge on any atom is 0.293 e. The molecule has 0 aliphatic heterocycles. The molecule has 0 amide bonds. The van der Waals surface area contributed by atoms with E-state index in [4.69, 9.17) is 0 Å². The molecule has 1 aliphatic rings. The number of nitrogens with one attached hydrogen (secondary N) is 1. The minimum Gasteiger partial charge on any atom is -0.365 e. The molecule has 2 unspecified atom stereocenters. The Morgan fingerprint density at radius 3 is 2.74 bits per heavy atom. The molecular formula is C15H25N3O. The van der Waals surface area contributed by atoms with Gasteiger partial charge in [0.2, 0.25) is 0 Å². The third-order valence-corrected chi connectivity index (χ3v) is 4.13. The van der Waals surface area contributed by atoms with Crippen molar-refractivity contribution in [2.75, 3.05) is 11.9 Å². The molecule has 1 aromatic heterocycles. The van der Waals surface area contributed by atoms with Crippen LogP contribution in [0.1, 0.15) is 47.0 Å². The smallest absolute Gasteiger partial charge is 0.293 e. The Labute approximate surface area is 115 Å². The minimum atomic E-state index is -0.211. The van der Waals surface area contributed by atoms with Gasteiger partial charge in [0.1, 0.15) is 0 Å². The zero-order valence-corrected chi connectivity index (χ0v) is 12.4. The van der Waals surface area contributed by atoms with Gasteiger partial charge in [-0.2, -0.15) is 0 Å². The number of nitrogens with zero attached hydrogens (tertiary/aromatic N) is 2. The normalized spacial score (nSPS) is 23.6. The second-order valence-electron chi connectivity index (χ2n) is 6.67. The molecular weight excluding hydrogens is 238 g/mol. The predicted octanol–water partition coefficient (Wildman–Crippen LogP) is 2.85. The molecule has 1 heterocycles. The van der Waals surface area contributed by atoms with Crippen molar-refractivity contribution in [2.24, 2.45) is 11.8 Å². The van der Waals surface area contributed by atoms with Gasteiger partial charge in [0.25, 0.3) is 5.56 Å². The standard InChI is InChI=1S/C15H25N3O/c1-11-6-5-7-12(11)10-17-13-14(19)18(9-8-16-13)15(2,3)4/h8-9,11-12H,5-7,10H2,1-4H3,(H,16,17). The quantitative estimate of drug-likeness (QED) is 0.912. The summed E-state index contributed by atoms with van der Waals surface area (Å²) < 4.78 is 1.74. The van der Waals surface area contributed by atoms with Gasteiger partial charge in [0.15, 0.2) is 5.82 Å². The number of anilines is 1. The molecule has 1 fully saturated rings. The van der Waals surface area contributed by atoms with E-state index in [0.717, 1.165) is 12.5 Å². The maximum absolute atomic E-state index is 12.3. The van der Waals surface area contributed by atoms with E-state index in [0.29, 0.717) is 11.7 Å². The third kappa shape index (κ3) is 3.17. The van der Waals surface area contributed by atoms with Crippen molar-refractivity contribution in [1.82, 2.24) is 9.55 Å². The lowest BCUT2D eigenvalue weighted by Crippen LogP contribution is -2.35. The van der Waals surface area contributed by atoms with Crippen molar-refractivity contribution in [3.8, 4) is 0 Å². The van der Waals surface area contributed by atoms with Gasteiger partial charge in [0, 0.05) is 24.5 Å². The lowest BCUT2D eigenvalue weighted by atomic mass is 9.98. The largest absolute Gasteiger partial charge is 0.365 e. The van der Waals surface area contributed by atoms with Gasteiger partial charge in [-0.15, -0.1) is 0 Å². The van der Waals surface area contributed by atoms with E-state index in [1.807, 2.05) is 20.8 Å². The van der Waals surface area contributed by atoms with E-state index in [1.165, 1.54) is 19.3 Å². The Hall–Kier alpha value is -1.32. The van der Waals surface area contributed by atoms with Crippen molar-refractivity contribution in [3.63, 3.8) is 0 Å². The SMILES string of the molecule is CC1CCCC1CNc1nccn(C(C)(C)C)c1=O. The molecule has 4 heteroatoms. The van der Waals surface area contributed by atoms with E-state index < -0.39 is 0 Å². The van der Waals surface area contributed by atoms with Gasteiger partial charge in [0.05, 0.1) is 0 Å². The molecule has 2 atom stereocenters. The van der Waals surface area contributed by atoms with Gasteiger partial charge in [-0.05, 0) is 39.0 Å². The van der Waals surface area contributed by atoms with Crippen LogP contribution in [-0.4, -0.2) is 16.1 Å². The fraction of sp³-hybridized carbons (Fsp3) is 0.733. The molecule has 0 aromatic carbocycles. The van der Waals surface area contributed by atoms with Crippen LogP contribution >= 0.6 is 0 Å². The lowest BCUT2D eigenvalue weighted by molar-refractivity contribution is 0.382. The lowest BCUT2D eigenvalue weighted by Gasteiger charge is -2.23. The molecule has 0 radical (unpaired) electrons. The van der Waals surface area contributed by atoms with Gasteiger partial charge in [-0.1, -0.05) is 19.8 Å². The summed E-state index contributed by atoms with van der Waals surface area (Å²) in [5.74, 6) is 1.90. The van der Waals surface area contributed by atoms with Crippen LogP contribution in [0.3, 0.4) is 0 Å². The highest BCUT2D eigenvalue weighted by Crippen LogP contribution is 2.30. The van der Waals surface area contributed by atoms with Crippen LogP contribution in [0.25, 0.3) is 0 Å². The number of rotatable bonds is 3. The van der Waals surface area contributed by atoms with E-state index >= 15 is 0 Å². The fourth-order valence-electron chi connectivity index (χ4n) is 2.81. The predicted molar refractivity (Wildman–Crippen MR) is 78.5 cm³/mol. The molecule has 0 bridgehead atoms. The maximum atomic E-state index is 12.3. The number of hydrogen-bond donors (Lipinski definition) is 1. The molecule has 1 aliphatic carbocycles. The van der Waals surface area contributed by atoms with Crippen molar-refractivity contribution in [3.05, 3.63) is 22.7 Å². The molecule has 106 valence electrons. The van der Waals surface area contributed by atoms with Gasteiger partial charge in [-0.3, -0.25) is 4.79 Å². The zero-order valence-electron chi connectivity index (χ0n) is 12.4. The second kappa shape index (κ2) is 5.35. The second-order valence-corrected chi connectivity index (χ2v) is 6.67. The highest BCUT2D eigenvalue weighted by atomic mass is 16.1. The highest BCUT2D eigenvalue weighted by molar-refractivity contribution is 5.31. The summed E-state index contributed by atoms with van der Waals surface area (Å²) in [5.41, 5.74) is -0.238. The minimum absolute atomic E-state index is 0.0272. The molecule has 1 N–H and O–H groups in total. The van der Waals surface area contributed by atoms with Crippen LogP contribution in [0, 0.1) is 11.8 Å². The number of hydrogen-bond acceptors (Lipinski definition) is 3. The summed E-state index contributed by atoms with van der Waals surface area (Å²) in [4.78, 5) is 16.5. The first-order chi connectivity index (χ1) is 8.89. The first-order valence-corrected chi connectivity index (χ1v) is 7.21. The van der Waals surface area contributed by atoms with Gasteiger partial charge < -0.3 is 9.88 Å². The summed E-state index contributed by atoms with van der Waals surface area (Å²) in [5, 5.41) is 3.25. The molecule has 2 rings (SSSR count). The van der Waals surface area contributed by atoms with Crippen molar-refractivity contribution < 1.29 is 0 Å². The monoisotopic (exact) mass is 263 g/mol. The van der Waals surface area contributed by atoms with E-state index in [9.17, 15) is 4.79 Å². The first kappa shape index (κ1) is 14.1. The molecule has 0 spiro atoms. The van der Waals surface area contributed by atoms with Gasteiger partial charge >= 0.3 is 0 Å². The van der Waals surface area contributed by atoms with E-state index in [1.54, 1.807) is 17.0 Å². The molecule has 1 saturated carbocycles. The number of aromatic nitrogens is 2. The summed E-state index contributed by atoms with van der Waals surface area (Å²) >= 11 is 0. The molecule has 19 heavy (non-hydrogen) atoms. The van der Waals surface area contributed by atoms with Gasteiger partial charge in [-0.25, -0.2) is 4.98 Å². The summed E-state index contributed by atoms with van der Waals surface area (Å²) in [6, 6.07) is 0. The Balaban J connectivity index is 2.11. The summed E-state index contributed by atoms with van der Waals surface area (Å²) in [6.45, 7) is 9.23. The topological polar surface area (TPSA) is 46.9 Å². The van der Waals surface area contributed by atoms with Crippen molar-refractivity contribution in [2.45, 2.75) is 52.5 Å². The Morgan fingerprint density at radius 1 is 1.42 bits per heavy atom. The van der Waals surface area contributed by atoms with Crippen molar-refractivity contribution in [1.29, 1.82) is 0 Å². The van der Waals surface area contributed by atoms with E-state index in [2.05, 4.69) is 17.2 Å². The first-order valence-electron chi connectivity index (χ1n) is 7.21. The van der Waals surface area contributed by atoms with Crippen LogP contribution in [0.2, 0.25) is 0 Å². The zero-order chi connectivity index (χ0) is 14.0. The third-order valence-electron chi connectivity index (χ3n) is 4.13.